The summed E-state index contributed by atoms with van der Waals surface area (Å²) in [7, 11) is 0. The van der Waals surface area contributed by atoms with Crippen molar-refractivity contribution >= 4 is 0 Å². The quantitative estimate of drug-likeness (QED) is 0.758. The first-order valence-corrected chi connectivity index (χ1v) is 6.06. The summed E-state index contributed by atoms with van der Waals surface area (Å²) in [6.45, 7) is 3.99. The Hall–Kier alpha value is -1.23. The molecule has 0 aliphatic rings. The number of aryl methyl sites for hydroxylation is 1. The third-order valence-corrected chi connectivity index (χ3v) is 2.48. The van der Waals surface area contributed by atoms with Gasteiger partial charge in [-0.05, 0) is 50.0 Å². The van der Waals surface area contributed by atoms with Crippen LogP contribution in [0.25, 0.3) is 0 Å². The van der Waals surface area contributed by atoms with E-state index in [-0.39, 0.29) is 5.75 Å². The molecule has 0 fully saturated rings. The second kappa shape index (κ2) is 7.26. The molecular formula is C13H18F3NO. The number of rotatable bonds is 7. The molecule has 1 N–H and O–H groups in total. The minimum absolute atomic E-state index is 0.168. The summed E-state index contributed by atoms with van der Waals surface area (Å²) in [5, 5.41) is 3.22. The summed E-state index contributed by atoms with van der Waals surface area (Å²) in [6.07, 6.45) is -1.66. The molecule has 5 heteroatoms. The highest BCUT2D eigenvalue weighted by molar-refractivity contribution is 5.27. The zero-order valence-electron chi connectivity index (χ0n) is 10.4. The van der Waals surface area contributed by atoms with E-state index < -0.39 is 6.36 Å². The molecule has 0 radical (unpaired) electrons. The van der Waals surface area contributed by atoms with Gasteiger partial charge in [0.2, 0.25) is 0 Å². The summed E-state index contributed by atoms with van der Waals surface area (Å²) in [6, 6.07) is 6.06. The molecular weight excluding hydrogens is 243 g/mol. The lowest BCUT2D eigenvalue weighted by molar-refractivity contribution is -0.274. The van der Waals surface area contributed by atoms with Crippen molar-refractivity contribution in [1.82, 2.24) is 5.32 Å². The van der Waals surface area contributed by atoms with E-state index in [0.29, 0.717) is 0 Å². The van der Waals surface area contributed by atoms with Crippen LogP contribution < -0.4 is 10.1 Å². The van der Waals surface area contributed by atoms with Gasteiger partial charge in [0.05, 0.1) is 0 Å². The molecule has 0 saturated carbocycles. The predicted octanol–water partition coefficient (Wildman–Crippen LogP) is 3.52. The van der Waals surface area contributed by atoms with Crippen LogP contribution in [-0.4, -0.2) is 19.5 Å². The summed E-state index contributed by atoms with van der Waals surface area (Å²) in [5.74, 6) is -0.168. The molecule has 0 aliphatic carbocycles. The van der Waals surface area contributed by atoms with E-state index in [0.717, 1.165) is 37.9 Å². The average molecular weight is 261 g/mol. The van der Waals surface area contributed by atoms with Gasteiger partial charge in [-0.3, -0.25) is 0 Å². The fourth-order valence-electron chi connectivity index (χ4n) is 1.61. The molecule has 0 unspecified atom stereocenters. The molecule has 0 amide bonds. The van der Waals surface area contributed by atoms with Crippen molar-refractivity contribution in [2.45, 2.75) is 32.5 Å². The number of unbranched alkanes of at least 4 members (excludes halogenated alkanes) is 1. The normalized spacial score (nSPS) is 11.6. The van der Waals surface area contributed by atoms with Crippen molar-refractivity contribution < 1.29 is 17.9 Å². The average Bonchev–Trinajstić information content (AvgIpc) is 2.29. The van der Waals surface area contributed by atoms with Crippen LogP contribution in [0.15, 0.2) is 24.3 Å². The maximum Gasteiger partial charge on any atom is 0.573 e. The van der Waals surface area contributed by atoms with Gasteiger partial charge >= 0.3 is 6.36 Å². The van der Waals surface area contributed by atoms with Gasteiger partial charge in [-0.25, -0.2) is 0 Å². The Morgan fingerprint density at radius 1 is 1.11 bits per heavy atom. The van der Waals surface area contributed by atoms with Gasteiger partial charge < -0.3 is 10.1 Å². The van der Waals surface area contributed by atoms with Gasteiger partial charge in [0.25, 0.3) is 0 Å². The number of hydrogen-bond acceptors (Lipinski definition) is 2. The minimum Gasteiger partial charge on any atom is -0.406 e. The molecule has 0 atom stereocenters. The fraction of sp³-hybridized carbons (Fsp3) is 0.538. The monoisotopic (exact) mass is 261 g/mol. The number of nitrogens with one attached hydrogen (secondary N) is 1. The first-order valence-electron chi connectivity index (χ1n) is 6.06. The van der Waals surface area contributed by atoms with Gasteiger partial charge in [-0.2, -0.15) is 0 Å². The molecule has 0 heterocycles. The van der Waals surface area contributed by atoms with E-state index in [1.54, 1.807) is 12.1 Å². The largest absolute Gasteiger partial charge is 0.573 e. The Morgan fingerprint density at radius 3 is 2.33 bits per heavy atom. The highest BCUT2D eigenvalue weighted by atomic mass is 19.4. The minimum atomic E-state index is -4.62. The van der Waals surface area contributed by atoms with Crippen molar-refractivity contribution in [3.8, 4) is 5.75 Å². The Bertz CT molecular complexity index is 335. The summed E-state index contributed by atoms with van der Waals surface area (Å²) in [5.41, 5.74) is 1.03. The molecule has 102 valence electrons. The molecule has 0 spiro atoms. The zero-order valence-corrected chi connectivity index (χ0v) is 10.4. The van der Waals surface area contributed by atoms with Crippen LogP contribution in [0.1, 0.15) is 25.3 Å². The van der Waals surface area contributed by atoms with Crippen molar-refractivity contribution in [3.63, 3.8) is 0 Å². The molecule has 0 bridgehead atoms. The van der Waals surface area contributed by atoms with Gasteiger partial charge in [-0.1, -0.05) is 19.1 Å². The van der Waals surface area contributed by atoms with Crippen LogP contribution in [0.3, 0.4) is 0 Å². The van der Waals surface area contributed by atoms with Crippen LogP contribution in [0, 0.1) is 0 Å². The van der Waals surface area contributed by atoms with Crippen molar-refractivity contribution in [2.24, 2.45) is 0 Å². The smallest absolute Gasteiger partial charge is 0.406 e. The summed E-state index contributed by atoms with van der Waals surface area (Å²) >= 11 is 0. The number of hydrogen-bond donors (Lipinski definition) is 1. The van der Waals surface area contributed by atoms with Gasteiger partial charge in [-0.15, -0.1) is 13.2 Å². The maximum atomic E-state index is 11.9. The molecule has 0 aliphatic heterocycles. The van der Waals surface area contributed by atoms with Crippen LogP contribution in [-0.2, 0) is 6.42 Å². The molecule has 0 aromatic heterocycles. The third kappa shape index (κ3) is 6.49. The Balaban J connectivity index is 2.32. The highest BCUT2D eigenvalue weighted by Crippen LogP contribution is 2.23. The molecule has 2 nitrogen and oxygen atoms in total. The van der Waals surface area contributed by atoms with Crippen LogP contribution in [0.4, 0.5) is 13.2 Å². The highest BCUT2D eigenvalue weighted by Gasteiger charge is 2.30. The topological polar surface area (TPSA) is 21.3 Å². The second-order valence-corrected chi connectivity index (χ2v) is 4.00. The van der Waals surface area contributed by atoms with Crippen LogP contribution in [0.2, 0.25) is 0 Å². The molecule has 1 aromatic carbocycles. The lowest BCUT2D eigenvalue weighted by atomic mass is 10.1. The number of benzene rings is 1. The van der Waals surface area contributed by atoms with E-state index in [1.165, 1.54) is 12.1 Å². The first kappa shape index (κ1) is 14.8. The first-order chi connectivity index (χ1) is 8.51. The molecule has 1 aromatic rings. The van der Waals surface area contributed by atoms with Crippen molar-refractivity contribution in [1.29, 1.82) is 0 Å². The van der Waals surface area contributed by atoms with Gasteiger partial charge in [0.15, 0.2) is 0 Å². The van der Waals surface area contributed by atoms with Gasteiger partial charge in [0.1, 0.15) is 5.75 Å². The predicted molar refractivity (Wildman–Crippen MR) is 64.6 cm³/mol. The molecule has 1 rings (SSSR count). The van der Waals surface area contributed by atoms with Gasteiger partial charge in [0, 0.05) is 0 Å². The number of halogens is 3. The maximum absolute atomic E-state index is 11.9. The van der Waals surface area contributed by atoms with E-state index >= 15 is 0 Å². The summed E-state index contributed by atoms with van der Waals surface area (Å²) in [4.78, 5) is 0. The second-order valence-electron chi connectivity index (χ2n) is 4.00. The Kier molecular flexibility index (Phi) is 5.98. The standard InChI is InChI=1S/C13H18F3NO/c1-2-17-10-4-3-5-11-6-8-12(9-7-11)18-13(14,15)16/h6-9,17H,2-5,10H2,1H3. The van der Waals surface area contributed by atoms with E-state index in [2.05, 4.69) is 17.0 Å². The Labute approximate surface area is 105 Å². The van der Waals surface area contributed by atoms with E-state index in [1.807, 2.05) is 0 Å². The molecule has 0 saturated heterocycles. The van der Waals surface area contributed by atoms with E-state index in [4.69, 9.17) is 0 Å². The van der Waals surface area contributed by atoms with E-state index in [9.17, 15) is 13.2 Å². The fourth-order valence-corrected chi connectivity index (χ4v) is 1.61. The summed E-state index contributed by atoms with van der Waals surface area (Å²) < 4.78 is 39.6. The number of alkyl halides is 3. The zero-order chi connectivity index (χ0) is 13.4. The SMILES string of the molecule is CCNCCCCc1ccc(OC(F)(F)F)cc1. The molecule has 18 heavy (non-hydrogen) atoms. The van der Waals surface area contributed by atoms with Crippen LogP contribution >= 0.6 is 0 Å². The third-order valence-electron chi connectivity index (χ3n) is 2.48. The van der Waals surface area contributed by atoms with Crippen molar-refractivity contribution in [2.75, 3.05) is 13.1 Å². The Morgan fingerprint density at radius 2 is 1.78 bits per heavy atom. The number of ether oxygens (including phenoxy) is 1. The van der Waals surface area contributed by atoms with Crippen molar-refractivity contribution in [3.05, 3.63) is 29.8 Å². The van der Waals surface area contributed by atoms with Crippen LogP contribution in [0.5, 0.6) is 5.75 Å². The lowest BCUT2D eigenvalue weighted by Crippen LogP contribution is -2.17. The lowest BCUT2D eigenvalue weighted by Gasteiger charge is -2.09.